The fraction of sp³-hybridized carbons (Fsp3) is 0.550. The largest absolute Gasteiger partial charge is 0.476 e. The summed E-state index contributed by atoms with van der Waals surface area (Å²) in [7, 11) is 0. The highest BCUT2D eigenvalue weighted by Gasteiger charge is 2.29. The van der Waals surface area contributed by atoms with E-state index in [0.717, 1.165) is 18.4 Å². The summed E-state index contributed by atoms with van der Waals surface area (Å²) < 4.78 is 0.699. The van der Waals surface area contributed by atoms with Gasteiger partial charge in [0, 0.05) is 24.1 Å². The Balaban J connectivity index is 1.82. The lowest BCUT2D eigenvalue weighted by atomic mass is 9.94. The van der Waals surface area contributed by atoms with Crippen molar-refractivity contribution in [2.75, 3.05) is 12.3 Å². The molecule has 0 spiro atoms. The number of aromatic carboxylic acids is 1. The van der Waals surface area contributed by atoms with Crippen molar-refractivity contribution in [1.82, 2.24) is 9.88 Å². The van der Waals surface area contributed by atoms with Crippen molar-refractivity contribution in [3.8, 4) is 0 Å². The number of rotatable bonds is 11. The molecule has 1 aromatic heterocycles. The third-order valence-electron chi connectivity index (χ3n) is 4.64. The number of carboxylic acid groups (broad SMARTS) is 1. The van der Waals surface area contributed by atoms with Crippen LogP contribution in [0.2, 0.25) is 0 Å². The van der Waals surface area contributed by atoms with Crippen LogP contribution in [0.3, 0.4) is 0 Å². The molecule has 1 aliphatic rings. The number of carboxylic acids is 1. The molecule has 1 aromatic rings. The number of carbonyl (C=O) groups is 2. The lowest BCUT2D eigenvalue weighted by molar-refractivity contribution is -0.128. The van der Waals surface area contributed by atoms with Crippen molar-refractivity contribution >= 4 is 35.0 Å². The zero-order valence-corrected chi connectivity index (χ0v) is 18.0. The molecule has 1 aliphatic heterocycles. The Morgan fingerprint density at radius 2 is 2.32 bits per heavy atom. The molecule has 1 amide bonds. The van der Waals surface area contributed by atoms with Gasteiger partial charge in [-0.15, -0.1) is 17.9 Å². The predicted octanol–water partition coefficient (Wildman–Crippen LogP) is 3.98. The third kappa shape index (κ3) is 7.07. The van der Waals surface area contributed by atoms with E-state index in [1.807, 2.05) is 30.9 Å². The minimum absolute atomic E-state index is 0.0518. The standard InChI is InChI=1S/C20H28N2O4S2/c1-14(2)8-10-20(3,26)9-4-5-15-6-7-17(23)22(15)11-12-27-19-21-16(13-28-19)18(24)25/h4-5,13,15,26H,1,6-12H2,2-3H3,(H,24,25)/t15-,20?/m0/s1. The molecule has 154 valence electrons. The van der Waals surface area contributed by atoms with E-state index in [4.69, 9.17) is 5.11 Å². The fourth-order valence-electron chi connectivity index (χ4n) is 2.96. The van der Waals surface area contributed by atoms with Gasteiger partial charge in [-0.1, -0.05) is 29.5 Å². The van der Waals surface area contributed by atoms with Gasteiger partial charge in [-0.25, -0.2) is 9.78 Å². The van der Waals surface area contributed by atoms with Crippen molar-refractivity contribution in [3.05, 3.63) is 35.4 Å². The molecular weight excluding hydrogens is 396 g/mol. The molecule has 0 radical (unpaired) electrons. The maximum atomic E-state index is 12.2. The Kier molecular flexibility index (Phi) is 8.27. The summed E-state index contributed by atoms with van der Waals surface area (Å²) in [4.78, 5) is 29.0. The van der Waals surface area contributed by atoms with Crippen LogP contribution in [0.25, 0.3) is 0 Å². The number of amides is 1. The molecule has 2 atom stereocenters. The quantitative estimate of drug-likeness (QED) is 0.412. The molecule has 2 rings (SSSR count). The minimum atomic E-state index is -1.03. The van der Waals surface area contributed by atoms with Crippen LogP contribution in [0.15, 0.2) is 34.0 Å². The van der Waals surface area contributed by atoms with E-state index in [0.29, 0.717) is 35.9 Å². The number of allylic oxidation sites excluding steroid dienone is 1. The van der Waals surface area contributed by atoms with Gasteiger partial charge >= 0.3 is 5.97 Å². The first kappa shape index (κ1) is 22.6. The van der Waals surface area contributed by atoms with Crippen LogP contribution in [-0.2, 0) is 4.79 Å². The summed E-state index contributed by atoms with van der Waals surface area (Å²) in [6.07, 6.45) is 7.33. The van der Waals surface area contributed by atoms with Crippen molar-refractivity contribution in [1.29, 1.82) is 0 Å². The Bertz CT molecular complexity index is 742. The monoisotopic (exact) mass is 424 g/mol. The zero-order valence-electron chi connectivity index (χ0n) is 16.4. The zero-order chi connectivity index (χ0) is 20.7. The number of thioether (sulfide) groups is 1. The SMILES string of the molecule is C=C(C)CCC(C)(O)CC=C[C@H]1CCC(=O)N1CCSc1nc(C(=O)O)cs1. The molecule has 1 unspecified atom stereocenters. The first-order valence-electron chi connectivity index (χ1n) is 9.32. The van der Waals surface area contributed by atoms with Crippen molar-refractivity contribution in [2.24, 2.45) is 0 Å². The fourth-order valence-corrected chi connectivity index (χ4v) is 4.77. The van der Waals surface area contributed by atoms with E-state index < -0.39 is 11.6 Å². The second-order valence-corrected chi connectivity index (χ2v) is 9.63. The number of likely N-dealkylation sites (tertiary alicyclic amines) is 1. The second kappa shape index (κ2) is 10.2. The Hall–Kier alpha value is -1.64. The molecule has 6 nitrogen and oxygen atoms in total. The van der Waals surface area contributed by atoms with Gasteiger partial charge in [0.1, 0.15) is 0 Å². The van der Waals surface area contributed by atoms with Gasteiger partial charge in [-0.3, -0.25) is 4.79 Å². The number of thiazole rings is 1. The van der Waals surface area contributed by atoms with Crippen LogP contribution in [0, 0.1) is 0 Å². The third-order valence-corrected chi connectivity index (χ3v) is 6.64. The molecular formula is C20H28N2O4S2. The van der Waals surface area contributed by atoms with Crippen molar-refractivity contribution < 1.29 is 19.8 Å². The predicted molar refractivity (Wildman–Crippen MR) is 113 cm³/mol. The van der Waals surface area contributed by atoms with E-state index in [1.54, 1.807) is 0 Å². The van der Waals surface area contributed by atoms with E-state index in [1.165, 1.54) is 28.5 Å². The first-order valence-corrected chi connectivity index (χ1v) is 11.2. The van der Waals surface area contributed by atoms with Gasteiger partial charge < -0.3 is 15.1 Å². The molecule has 0 saturated carbocycles. The molecule has 8 heteroatoms. The summed E-state index contributed by atoms with van der Waals surface area (Å²) in [5.41, 5.74) is 0.347. The average Bonchev–Trinajstić information content (AvgIpc) is 3.22. The molecule has 0 bridgehead atoms. The molecule has 0 aliphatic carbocycles. The van der Waals surface area contributed by atoms with Crippen LogP contribution < -0.4 is 0 Å². The number of aromatic nitrogens is 1. The summed E-state index contributed by atoms with van der Waals surface area (Å²) in [6, 6.07) is 0.0518. The average molecular weight is 425 g/mol. The molecule has 1 fully saturated rings. The topological polar surface area (TPSA) is 90.7 Å². The number of carbonyl (C=O) groups excluding carboxylic acids is 1. The van der Waals surface area contributed by atoms with Crippen molar-refractivity contribution in [3.63, 3.8) is 0 Å². The van der Waals surface area contributed by atoms with Crippen LogP contribution in [0.1, 0.15) is 56.4 Å². The van der Waals surface area contributed by atoms with E-state index in [-0.39, 0.29) is 17.6 Å². The van der Waals surface area contributed by atoms with Gasteiger partial charge in [0.2, 0.25) is 5.91 Å². The van der Waals surface area contributed by atoms with Gasteiger partial charge in [0.25, 0.3) is 0 Å². The van der Waals surface area contributed by atoms with Gasteiger partial charge in [0.05, 0.1) is 11.6 Å². The lowest BCUT2D eigenvalue weighted by Crippen LogP contribution is -2.33. The Morgan fingerprint density at radius 3 is 2.96 bits per heavy atom. The lowest BCUT2D eigenvalue weighted by Gasteiger charge is -2.24. The number of hydrogen-bond acceptors (Lipinski definition) is 6. The highest BCUT2D eigenvalue weighted by atomic mass is 32.2. The normalized spacial score (nSPS) is 19.3. The van der Waals surface area contributed by atoms with Crippen LogP contribution in [0.5, 0.6) is 0 Å². The number of aliphatic hydroxyl groups is 1. The van der Waals surface area contributed by atoms with E-state index in [9.17, 15) is 14.7 Å². The number of nitrogens with zero attached hydrogens (tertiary/aromatic N) is 2. The summed E-state index contributed by atoms with van der Waals surface area (Å²) in [5, 5.41) is 20.9. The first-order chi connectivity index (χ1) is 13.2. The van der Waals surface area contributed by atoms with Crippen LogP contribution >= 0.6 is 23.1 Å². The molecule has 28 heavy (non-hydrogen) atoms. The maximum absolute atomic E-state index is 12.2. The van der Waals surface area contributed by atoms with E-state index >= 15 is 0 Å². The highest BCUT2D eigenvalue weighted by Crippen LogP contribution is 2.26. The summed E-state index contributed by atoms with van der Waals surface area (Å²) in [6.45, 7) is 8.25. The Labute approximate surface area is 174 Å². The minimum Gasteiger partial charge on any atom is -0.476 e. The van der Waals surface area contributed by atoms with Crippen LogP contribution in [0.4, 0.5) is 0 Å². The molecule has 0 aromatic carbocycles. The molecule has 1 saturated heterocycles. The smallest absolute Gasteiger partial charge is 0.355 e. The molecule has 2 N–H and O–H groups in total. The van der Waals surface area contributed by atoms with Gasteiger partial charge in [0.15, 0.2) is 10.0 Å². The summed E-state index contributed by atoms with van der Waals surface area (Å²) >= 11 is 2.77. The Morgan fingerprint density at radius 1 is 1.57 bits per heavy atom. The summed E-state index contributed by atoms with van der Waals surface area (Å²) in [5.74, 6) is -0.226. The second-order valence-electron chi connectivity index (χ2n) is 7.43. The van der Waals surface area contributed by atoms with Gasteiger partial charge in [-0.2, -0.15) is 0 Å². The molecule has 2 heterocycles. The maximum Gasteiger partial charge on any atom is 0.355 e. The highest BCUT2D eigenvalue weighted by molar-refractivity contribution is 8.01. The number of hydrogen-bond donors (Lipinski definition) is 2. The van der Waals surface area contributed by atoms with Crippen LogP contribution in [-0.4, -0.2) is 55.9 Å². The van der Waals surface area contributed by atoms with Gasteiger partial charge in [-0.05, 0) is 39.5 Å². The van der Waals surface area contributed by atoms with Crippen molar-refractivity contribution in [2.45, 2.75) is 61.9 Å². The van der Waals surface area contributed by atoms with E-state index in [2.05, 4.69) is 11.6 Å².